The van der Waals surface area contributed by atoms with Gasteiger partial charge in [0.15, 0.2) is 0 Å². The largest absolute Gasteiger partial charge is 0.435 e. The van der Waals surface area contributed by atoms with Gasteiger partial charge in [0.25, 0.3) is 0 Å². The molecule has 111 valence electrons. The molecule has 3 rings (SSSR count). The van der Waals surface area contributed by atoms with Gasteiger partial charge in [0.1, 0.15) is 6.23 Å². The molecule has 0 bridgehead atoms. The number of anilines is 1. The van der Waals surface area contributed by atoms with Crippen LogP contribution in [0.5, 0.6) is 0 Å². The van der Waals surface area contributed by atoms with Crippen molar-refractivity contribution in [1.82, 2.24) is 14.5 Å². The van der Waals surface area contributed by atoms with Crippen molar-refractivity contribution in [2.24, 2.45) is 11.3 Å². The smallest absolute Gasteiger partial charge is 0.131 e. The van der Waals surface area contributed by atoms with Gasteiger partial charge in [0, 0.05) is 49.6 Å². The molecule has 0 amide bonds. The van der Waals surface area contributed by atoms with Crippen molar-refractivity contribution in [3.8, 4) is 0 Å². The van der Waals surface area contributed by atoms with Crippen molar-refractivity contribution >= 4 is 17.0 Å². The minimum absolute atomic E-state index is 0. The molecular weight excluding hydrogens is 345 g/mol. The zero-order valence-corrected chi connectivity index (χ0v) is 15.3. The molecule has 0 spiro atoms. The van der Waals surface area contributed by atoms with Crippen LogP contribution in [0.3, 0.4) is 0 Å². The number of aromatic nitrogens is 3. The Bertz CT molecular complexity index is 643. The molecule has 2 aromatic rings. The first-order chi connectivity index (χ1) is 9.45. The summed E-state index contributed by atoms with van der Waals surface area (Å²) in [6, 6.07) is 4.61. The molecule has 2 aromatic heterocycles. The van der Waals surface area contributed by atoms with Crippen molar-refractivity contribution in [3.63, 3.8) is 0 Å². The summed E-state index contributed by atoms with van der Waals surface area (Å²) in [6.07, 6.45) is 1.28. The predicted octanol–water partition coefficient (Wildman–Crippen LogP) is 1.36. The van der Waals surface area contributed by atoms with Gasteiger partial charge in [-0.05, 0) is 11.4 Å². The zero-order valence-electron chi connectivity index (χ0n) is 12.4. The maximum absolute atomic E-state index is 9.45. The fraction of sp³-hybridized carbons (Fsp3) is 0.571. The second-order valence-corrected chi connectivity index (χ2v) is 5.97. The van der Waals surface area contributed by atoms with E-state index in [0.717, 1.165) is 0 Å². The van der Waals surface area contributed by atoms with Gasteiger partial charge in [0.2, 0.25) is 0 Å². The second-order valence-electron chi connectivity index (χ2n) is 5.97. The van der Waals surface area contributed by atoms with Crippen LogP contribution in [0.15, 0.2) is 12.4 Å². The number of nitrogen functional groups attached to an aromatic ring is 1. The Kier molecular flexibility index (Phi) is 4.73. The van der Waals surface area contributed by atoms with Gasteiger partial charge in [0.05, 0.1) is 19.0 Å². The van der Waals surface area contributed by atoms with Gasteiger partial charge in [-0.1, -0.05) is 20.8 Å². The van der Waals surface area contributed by atoms with Crippen LogP contribution in [0, 0.1) is 17.4 Å². The van der Waals surface area contributed by atoms with Crippen molar-refractivity contribution in [2.45, 2.75) is 33.1 Å². The molecule has 21 heavy (non-hydrogen) atoms. The van der Waals surface area contributed by atoms with E-state index in [1.807, 2.05) is 4.57 Å². The van der Waals surface area contributed by atoms with Gasteiger partial charge in [-0.2, -0.15) is 0 Å². The normalized spacial score (nSPS) is 27.7. The van der Waals surface area contributed by atoms with E-state index in [-0.39, 0.29) is 63.0 Å². The van der Waals surface area contributed by atoms with Crippen LogP contribution in [0.2, 0.25) is 0 Å². The summed E-state index contributed by atoms with van der Waals surface area (Å²) in [5, 5.41) is 9.45. The minimum atomic E-state index is -0.234. The SMILES string of the molecule is C[C@@H]1[C@@H](CO)O[C@@H](n2cnc3[c-]cc(N)nc32)C1(C)C.[Y]. The fourth-order valence-electron chi connectivity index (χ4n) is 2.82. The summed E-state index contributed by atoms with van der Waals surface area (Å²) in [6.45, 7) is 6.35. The zero-order chi connectivity index (χ0) is 14.5. The molecule has 1 saturated heterocycles. The molecule has 3 atom stereocenters. The van der Waals surface area contributed by atoms with Gasteiger partial charge in [-0.15, -0.1) is 12.1 Å². The van der Waals surface area contributed by atoms with E-state index in [9.17, 15) is 5.11 Å². The molecule has 3 N–H and O–H groups in total. The van der Waals surface area contributed by atoms with E-state index in [1.165, 1.54) is 0 Å². The minimum Gasteiger partial charge on any atom is -0.435 e. The molecule has 7 heteroatoms. The van der Waals surface area contributed by atoms with E-state index in [1.54, 1.807) is 12.4 Å². The Hall–Kier alpha value is -0.556. The van der Waals surface area contributed by atoms with Crippen molar-refractivity contribution < 1.29 is 42.6 Å². The Morgan fingerprint density at radius 1 is 1.52 bits per heavy atom. The summed E-state index contributed by atoms with van der Waals surface area (Å²) in [5.41, 5.74) is 6.92. The number of nitrogens with two attached hydrogens (primary N) is 1. The summed E-state index contributed by atoms with van der Waals surface area (Å²) in [5.74, 6) is 0.627. The quantitative estimate of drug-likeness (QED) is 0.786. The van der Waals surface area contributed by atoms with Crippen LogP contribution in [-0.4, -0.2) is 32.4 Å². The second kappa shape index (κ2) is 5.91. The van der Waals surface area contributed by atoms with E-state index >= 15 is 0 Å². The molecule has 6 nitrogen and oxygen atoms in total. The first-order valence-electron chi connectivity index (χ1n) is 6.72. The fourth-order valence-corrected chi connectivity index (χ4v) is 2.82. The third-order valence-electron chi connectivity index (χ3n) is 4.46. The molecule has 1 radical (unpaired) electrons. The van der Waals surface area contributed by atoms with Crippen molar-refractivity contribution in [1.29, 1.82) is 0 Å². The maximum atomic E-state index is 9.45. The Morgan fingerprint density at radius 3 is 2.86 bits per heavy atom. The number of pyridine rings is 1. The number of hydrogen-bond donors (Lipinski definition) is 2. The standard InChI is InChI=1S/C14H19N4O2.Y/c1-8-10(6-19)20-13(14(8,2)3)18-7-16-9-4-5-11(15)17-12(9)18;/h5,7-8,10,13,19H,6H2,1-3H3,(H2,15,17);/q-1;/t8-,10-,13-;/m1./s1. The maximum Gasteiger partial charge on any atom is 0.131 e. The van der Waals surface area contributed by atoms with Gasteiger partial charge in [-0.25, -0.2) is 0 Å². The molecule has 1 fully saturated rings. The molecule has 0 saturated carbocycles. The number of imidazole rings is 1. The molecular formula is C14H19N4O2Y-. The average molecular weight is 364 g/mol. The van der Waals surface area contributed by atoms with Gasteiger partial charge >= 0.3 is 0 Å². The topological polar surface area (TPSA) is 86.2 Å². The van der Waals surface area contributed by atoms with Crippen LogP contribution in [0.25, 0.3) is 11.2 Å². The molecule has 1 aliphatic rings. The van der Waals surface area contributed by atoms with E-state index in [0.29, 0.717) is 17.0 Å². The number of fused-ring (bicyclic) bond motifs is 1. The third-order valence-corrected chi connectivity index (χ3v) is 4.46. The van der Waals surface area contributed by atoms with Crippen LogP contribution < -0.4 is 5.73 Å². The summed E-state index contributed by atoms with van der Waals surface area (Å²) < 4.78 is 7.89. The van der Waals surface area contributed by atoms with Crippen LogP contribution in [0.1, 0.15) is 27.0 Å². The van der Waals surface area contributed by atoms with E-state index < -0.39 is 0 Å². The van der Waals surface area contributed by atoms with Gasteiger partial charge in [-0.3, -0.25) is 4.98 Å². The molecule has 0 aromatic carbocycles. The van der Waals surface area contributed by atoms with E-state index in [2.05, 4.69) is 36.8 Å². The van der Waals surface area contributed by atoms with Crippen molar-refractivity contribution in [2.75, 3.05) is 12.3 Å². The first kappa shape index (κ1) is 16.8. The molecule has 1 aliphatic heterocycles. The third kappa shape index (κ3) is 2.63. The molecule has 0 unspecified atom stereocenters. The summed E-state index contributed by atoms with van der Waals surface area (Å²) in [4.78, 5) is 8.62. The van der Waals surface area contributed by atoms with Crippen LogP contribution >= 0.6 is 0 Å². The summed E-state index contributed by atoms with van der Waals surface area (Å²) >= 11 is 0. The first-order valence-corrected chi connectivity index (χ1v) is 6.72. The van der Waals surface area contributed by atoms with Gasteiger partial charge < -0.3 is 25.1 Å². The van der Waals surface area contributed by atoms with Crippen LogP contribution in [-0.2, 0) is 37.4 Å². The summed E-state index contributed by atoms with van der Waals surface area (Å²) in [7, 11) is 0. The van der Waals surface area contributed by atoms with E-state index in [4.69, 9.17) is 10.5 Å². The average Bonchev–Trinajstić information content (AvgIpc) is 2.90. The number of hydrogen-bond acceptors (Lipinski definition) is 5. The number of ether oxygens (including phenoxy) is 1. The van der Waals surface area contributed by atoms with Crippen molar-refractivity contribution in [3.05, 3.63) is 18.5 Å². The number of aliphatic hydroxyl groups excluding tert-OH is 1. The number of nitrogens with zero attached hydrogens (tertiary/aromatic N) is 3. The Labute approximate surface area is 149 Å². The number of aliphatic hydroxyl groups is 1. The number of rotatable bonds is 2. The predicted molar refractivity (Wildman–Crippen MR) is 74.7 cm³/mol. The molecule has 3 heterocycles. The monoisotopic (exact) mass is 364 g/mol. The molecule has 0 aliphatic carbocycles. The van der Waals surface area contributed by atoms with Crippen LogP contribution in [0.4, 0.5) is 5.82 Å². The Morgan fingerprint density at radius 2 is 2.24 bits per heavy atom. The Balaban J connectivity index is 0.00000161.